The molecule has 0 atom stereocenters. The Balaban J connectivity index is 1.62. The molecule has 2 heterocycles. The summed E-state index contributed by atoms with van der Waals surface area (Å²) in [5.74, 6) is 2.56. The molecule has 7 nitrogen and oxygen atoms in total. The van der Waals surface area contributed by atoms with Gasteiger partial charge in [0.05, 0.1) is 38.8 Å². The van der Waals surface area contributed by atoms with Gasteiger partial charge in [0.2, 0.25) is 0 Å². The van der Waals surface area contributed by atoms with Crippen LogP contribution in [0.15, 0.2) is 35.1 Å². The van der Waals surface area contributed by atoms with Gasteiger partial charge in [0, 0.05) is 19.2 Å². The highest BCUT2D eigenvalue weighted by atomic mass is 16.5. The third kappa shape index (κ3) is 3.41. The highest BCUT2D eigenvalue weighted by molar-refractivity contribution is 5.81. The summed E-state index contributed by atoms with van der Waals surface area (Å²) in [7, 11) is 4.79. The van der Waals surface area contributed by atoms with Crippen LogP contribution >= 0.6 is 0 Å². The molecule has 28 heavy (non-hydrogen) atoms. The third-order valence-electron chi connectivity index (χ3n) is 5.14. The maximum Gasteiger partial charge on any atom is 0.258 e. The number of H-pyrrole nitrogens is 1. The molecular formula is C21H23N3O4. The maximum absolute atomic E-state index is 12.6. The Bertz CT molecular complexity index is 1080. The van der Waals surface area contributed by atoms with E-state index >= 15 is 0 Å². The molecule has 1 aromatic heterocycles. The lowest BCUT2D eigenvalue weighted by Crippen LogP contribution is -2.31. The summed E-state index contributed by atoms with van der Waals surface area (Å²) in [6.45, 7) is 2.27. The first-order valence-electron chi connectivity index (χ1n) is 9.14. The summed E-state index contributed by atoms with van der Waals surface area (Å²) in [5.41, 5.74) is 3.00. The molecular weight excluding hydrogens is 358 g/mol. The molecule has 0 fully saturated rings. The molecule has 0 saturated heterocycles. The SMILES string of the molecule is COc1ccc2c(c1)CN(Cc1nc3cc(OC)c(OC)cc3c(=O)[nH]1)CC2. The molecule has 1 N–H and O–H groups in total. The molecule has 146 valence electrons. The first-order chi connectivity index (χ1) is 13.6. The second kappa shape index (κ2) is 7.52. The molecule has 3 aromatic rings. The molecule has 7 heteroatoms. The number of methoxy groups -OCH3 is 3. The van der Waals surface area contributed by atoms with Crippen molar-refractivity contribution in [2.45, 2.75) is 19.5 Å². The van der Waals surface area contributed by atoms with Gasteiger partial charge in [-0.3, -0.25) is 9.69 Å². The number of nitrogens with one attached hydrogen (secondary N) is 1. The monoisotopic (exact) mass is 381 g/mol. The van der Waals surface area contributed by atoms with Crippen molar-refractivity contribution in [1.29, 1.82) is 0 Å². The molecule has 1 aliphatic rings. The van der Waals surface area contributed by atoms with Crippen LogP contribution in [-0.4, -0.2) is 42.7 Å². The number of hydrogen-bond donors (Lipinski definition) is 1. The van der Waals surface area contributed by atoms with Gasteiger partial charge in [0.25, 0.3) is 5.56 Å². The predicted octanol–water partition coefficient (Wildman–Crippen LogP) is 2.51. The van der Waals surface area contributed by atoms with Crippen molar-refractivity contribution < 1.29 is 14.2 Å². The number of nitrogens with zero attached hydrogens (tertiary/aromatic N) is 2. The van der Waals surface area contributed by atoms with Crippen molar-refractivity contribution in [3.8, 4) is 17.2 Å². The number of ether oxygens (including phenoxy) is 3. The lowest BCUT2D eigenvalue weighted by atomic mass is 9.99. The van der Waals surface area contributed by atoms with E-state index in [1.165, 1.54) is 11.1 Å². The average Bonchev–Trinajstić information content (AvgIpc) is 2.72. The van der Waals surface area contributed by atoms with Crippen molar-refractivity contribution in [3.63, 3.8) is 0 Å². The molecule has 0 spiro atoms. The van der Waals surface area contributed by atoms with E-state index in [0.29, 0.717) is 34.8 Å². The van der Waals surface area contributed by atoms with Crippen molar-refractivity contribution in [2.24, 2.45) is 0 Å². The van der Waals surface area contributed by atoms with Crippen LogP contribution in [0.5, 0.6) is 17.2 Å². The van der Waals surface area contributed by atoms with Crippen LogP contribution in [0, 0.1) is 0 Å². The summed E-state index contributed by atoms with van der Waals surface area (Å²) in [6, 6.07) is 9.60. The molecule has 0 radical (unpaired) electrons. The second-order valence-corrected chi connectivity index (χ2v) is 6.83. The van der Waals surface area contributed by atoms with Crippen LogP contribution in [0.2, 0.25) is 0 Å². The fourth-order valence-corrected chi connectivity index (χ4v) is 3.65. The summed E-state index contributed by atoms with van der Waals surface area (Å²) in [4.78, 5) is 22.4. The zero-order valence-electron chi connectivity index (χ0n) is 16.2. The van der Waals surface area contributed by atoms with Gasteiger partial charge < -0.3 is 19.2 Å². The van der Waals surface area contributed by atoms with Crippen LogP contribution in [-0.2, 0) is 19.5 Å². The smallest absolute Gasteiger partial charge is 0.258 e. The van der Waals surface area contributed by atoms with E-state index in [2.05, 4.69) is 27.0 Å². The van der Waals surface area contributed by atoms with E-state index in [0.717, 1.165) is 25.3 Å². The van der Waals surface area contributed by atoms with Gasteiger partial charge in [0.15, 0.2) is 11.5 Å². The van der Waals surface area contributed by atoms with Crippen LogP contribution in [0.1, 0.15) is 17.0 Å². The molecule has 0 amide bonds. The van der Waals surface area contributed by atoms with Crippen LogP contribution in [0.3, 0.4) is 0 Å². The standard InChI is InChI=1S/C21H23N3O4/c1-26-15-5-4-13-6-7-24(11-14(13)8-15)12-20-22-17-10-19(28-3)18(27-2)9-16(17)21(25)23-20/h4-5,8-10H,6-7,11-12H2,1-3H3,(H,22,23,25). The zero-order chi connectivity index (χ0) is 19.7. The fourth-order valence-electron chi connectivity index (χ4n) is 3.65. The zero-order valence-corrected chi connectivity index (χ0v) is 16.2. The van der Waals surface area contributed by atoms with E-state index in [1.807, 2.05) is 6.07 Å². The van der Waals surface area contributed by atoms with E-state index < -0.39 is 0 Å². The molecule has 0 bridgehead atoms. The molecule has 1 aliphatic heterocycles. The van der Waals surface area contributed by atoms with E-state index in [9.17, 15) is 4.79 Å². The topological polar surface area (TPSA) is 76.7 Å². The number of aromatic nitrogens is 2. The molecule has 4 rings (SSSR count). The third-order valence-corrected chi connectivity index (χ3v) is 5.14. The Morgan fingerprint density at radius 2 is 1.82 bits per heavy atom. The van der Waals surface area contributed by atoms with Crippen LogP contribution < -0.4 is 19.8 Å². The maximum atomic E-state index is 12.6. The second-order valence-electron chi connectivity index (χ2n) is 6.83. The van der Waals surface area contributed by atoms with Gasteiger partial charge in [-0.2, -0.15) is 0 Å². The van der Waals surface area contributed by atoms with Gasteiger partial charge in [-0.25, -0.2) is 4.98 Å². The normalized spacial score (nSPS) is 14.0. The van der Waals surface area contributed by atoms with Crippen molar-refractivity contribution in [2.75, 3.05) is 27.9 Å². The summed E-state index contributed by atoms with van der Waals surface area (Å²) in [5, 5.41) is 0.482. The largest absolute Gasteiger partial charge is 0.497 e. The van der Waals surface area contributed by atoms with Gasteiger partial charge in [-0.1, -0.05) is 6.07 Å². The van der Waals surface area contributed by atoms with Gasteiger partial charge in [-0.15, -0.1) is 0 Å². The lowest BCUT2D eigenvalue weighted by Gasteiger charge is -2.28. The summed E-state index contributed by atoms with van der Waals surface area (Å²) >= 11 is 0. The highest BCUT2D eigenvalue weighted by Crippen LogP contribution is 2.30. The number of aromatic amines is 1. The van der Waals surface area contributed by atoms with Crippen LogP contribution in [0.4, 0.5) is 0 Å². The lowest BCUT2D eigenvalue weighted by molar-refractivity contribution is 0.239. The Morgan fingerprint density at radius 3 is 2.57 bits per heavy atom. The highest BCUT2D eigenvalue weighted by Gasteiger charge is 2.19. The average molecular weight is 381 g/mol. The van der Waals surface area contributed by atoms with E-state index in [-0.39, 0.29) is 5.56 Å². The van der Waals surface area contributed by atoms with E-state index in [1.54, 1.807) is 33.5 Å². The number of benzene rings is 2. The summed E-state index contributed by atoms with van der Waals surface area (Å²) in [6.07, 6.45) is 0.960. The minimum Gasteiger partial charge on any atom is -0.497 e. The Labute approximate surface area is 162 Å². The molecule has 0 saturated carbocycles. The molecule has 0 unspecified atom stereocenters. The Kier molecular flexibility index (Phi) is 4.92. The first kappa shape index (κ1) is 18.3. The first-order valence-corrected chi connectivity index (χ1v) is 9.14. The number of fused-ring (bicyclic) bond motifs is 2. The van der Waals surface area contributed by atoms with Gasteiger partial charge >= 0.3 is 0 Å². The van der Waals surface area contributed by atoms with Crippen molar-refractivity contribution >= 4 is 10.9 Å². The van der Waals surface area contributed by atoms with Crippen LogP contribution in [0.25, 0.3) is 10.9 Å². The quantitative estimate of drug-likeness (QED) is 0.732. The minimum atomic E-state index is -0.181. The summed E-state index contributed by atoms with van der Waals surface area (Å²) < 4.78 is 16.0. The van der Waals surface area contributed by atoms with Crippen molar-refractivity contribution in [1.82, 2.24) is 14.9 Å². The van der Waals surface area contributed by atoms with Crippen molar-refractivity contribution in [3.05, 3.63) is 57.6 Å². The number of rotatable bonds is 5. The molecule has 0 aliphatic carbocycles. The fraction of sp³-hybridized carbons (Fsp3) is 0.333. The molecule has 2 aromatic carbocycles. The minimum absolute atomic E-state index is 0.181. The van der Waals surface area contributed by atoms with Gasteiger partial charge in [0.1, 0.15) is 11.6 Å². The Hall–Kier alpha value is -3.06. The number of hydrogen-bond acceptors (Lipinski definition) is 6. The Morgan fingerprint density at radius 1 is 1.04 bits per heavy atom. The van der Waals surface area contributed by atoms with E-state index in [4.69, 9.17) is 14.2 Å². The predicted molar refractivity (Wildman–Crippen MR) is 106 cm³/mol. The van der Waals surface area contributed by atoms with Gasteiger partial charge in [-0.05, 0) is 35.7 Å².